The molecule has 2 aromatic rings. The van der Waals surface area contributed by atoms with Crippen molar-refractivity contribution in [3.05, 3.63) is 69.8 Å². The monoisotopic (exact) mass is 378 g/mol. The van der Waals surface area contributed by atoms with Gasteiger partial charge in [-0.05, 0) is 36.8 Å². The molecule has 0 aromatic heterocycles. The largest absolute Gasteiger partial charge is 0.461 e. The number of non-ortho nitro benzene ring substituents is 1. The van der Waals surface area contributed by atoms with Crippen molar-refractivity contribution >= 4 is 21.7 Å². The summed E-state index contributed by atoms with van der Waals surface area (Å²) >= 11 is 0. The molecule has 0 atom stereocenters. The molecular weight excluding hydrogens is 360 g/mol. The first-order valence-corrected chi connectivity index (χ1v) is 9.21. The van der Waals surface area contributed by atoms with Crippen molar-refractivity contribution in [3.63, 3.8) is 0 Å². The van der Waals surface area contributed by atoms with Crippen LogP contribution in [0.5, 0.6) is 0 Å². The van der Waals surface area contributed by atoms with Crippen LogP contribution in [0, 0.1) is 17.0 Å². The molecule has 0 spiro atoms. The van der Waals surface area contributed by atoms with Gasteiger partial charge in [0, 0.05) is 18.7 Å². The predicted molar refractivity (Wildman–Crippen MR) is 93.9 cm³/mol. The molecule has 0 saturated carbocycles. The Bertz CT molecular complexity index is 876. The number of rotatable bonds is 8. The average Bonchev–Trinajstić information content (AvgIpc) is 2.60. The molecule has 0 fully saturated rings. The molecule has 0 unspecified atom stereocenters. The maximum absolute atomic E-state index is 12.1. The highest BCUT2D eigenvalue weighted by Gasteiger charge is 2.14. The van der Waals surface area contributed by atoms with Crippen LogP contribution in [-0.4, -0.2) is 25.9 Å². The second-order valence-electron chi connectivity index (χ2n) is 5.55. The fourth-order valence-corrected chi connectivity index (χ4v) is 3.07. The predicted octanol–water partition coefficient (Wildman–Crippen LogP) is 2.32. The van der Waals surface area contributed by atoms with Gasteiger partial charge in [-0.3, -0.25) is 14.9 Å². The van der Waals surface area contributed by atoms with Gasteiger partial charge < -0.3 is 4.74 Å². The van der Waals surface area contributed by atoms with Crippen molar-refractivity contribution in [3.8, 4) is 0 Å². The highest BCUT2D eigenvalue weighted by atomic mass is 32.2. The number of aryl methyl sites for hydroxylation is 1. The molecule has 0 radical (unpaired) electrons. The first-order chi connectivity index (χ1) is 12.3. The lowest BCUT2D eigenvalue weighted by atomic mass is 10.2. The summed E-state index contributed by atoms with van der Waals surface area (Å²) in [6, 6.07) is 12.0. The van der Waals surface area contributed by atoms with Crippen LogP contribution in [0.1, 0.15) is 17.5 Å². The first kappa shape index (κ1) is 19.5. The van der Waals surface area contributed by atoms with Crippen LogP contribution in [0.3, 0.4) is 0 Å². The number of nitrogens with one attached hydrogen (secondary N) is 1. The minimum absolute atomic E-state index is 0.0401. The molecule has 0 heterocycles. The van der Waals surface area contributed by atoms with Crippen molar-refractivity contribution in [2.75, 3.05) is 6.54 Å². The Morgan fingerprint density at radius 3 is 2.31 bits per heavy atom. The van der Waals surface area contributed by atoms with E-state index in [1.54, 1.807) is 12.1 Å². The minimum Gasteiger partial charge on any atom is -0.461 e. The fraction of sp³-hybridized carbons (Fsp3) is 0.235. The van der Waals surface area contributed by atoms with Crippen molar-refractivity contribution < 1.29 is 22.9 Å². The van der Waals surface area contributed by atoms with E-state index in [0.29, 0.717) is 5.56 Å². The van der Waals surface area contributed by atoms with Gasteiger partial charge in [0.1, 0.15) is 6.61 Å². The Balaban J connectivity index is 1.78. The molecule has 138 valence electrons. The summed E-state index contributed by atoms with van der Waals surface area (Å²) in [5.41, 5.74) is 1.49. The Morgan fingerprint density at radius 2 is 1.73 bits per heavy atom. The molecule has 0 saturated heterocycles. The normalized spacial score (nSPS) is 11.1. The van der Waals surface area contributed by atoms with E-state index in [9.17, 15) is 23.3 Å². The summed E-state index contributed by atoms with van der Waals surface area (Å²) in [6.07, 6.45) is -0.127. The molecule has 2 aromatic carbocycles. The molecule has 0 aliphatic carbocycles. The fourth-order valence-electron chi connectivity index (χ4n) is 2.04. The summed E-state index contributed by atoms with van der Waals surface area (Å²) in [6.45, 7) is 1.72. The molecule has 26 heavy (non-hydrogen) atoms. The first-order valence-electron chi connectivity index (χ1n) is 7.73. The Morgan fingerprint density at radius 1 is 1.12 bits per heavy atom. The summed E-state index contributed by atoms with van der Waals surface area (Å²) in [7, 11) is -3.67. The third kappa shape index (κ3) is 5.64. The number of esters is 1. The van der Waals surface area contributed by atoms with E-state index in [1.807, 2.05) is 6.92 Å². The van der Waals surface area contributed by atoms with Gasteiger partial charge in [-0.2, -0.15) is 0 Å². The topological polar surface area (TPSA) is 116 Å². The zero-order valence-corrected chi connectivity index (χ0v) is 14.9. The zero-order chi connectivity index (χ0) is 19.2. The van der Waals surface area contributed by atoms with Gasteiger partial charge >= 0.3 is 5.97 Å². The van der Waals surface area contributed by atoms with Gasteiger partial charge in [0.25, 0.3) is 5.69 Å². The number of hydrogen-bond acceptors (Lipinski definition) is 6. The number of benzene rings is 2. The number of hydrogen-bond donors (Lipinski definition) is 1. The number of nitrogens with zero attached hydrogens (tertiary/aromatic N) is 1. The number of ether oxygens (including phenoxy) is 1. The summed E-state index contributed by atoms with van der Waals surface area (Å²) in [5.74, 6) is -0.574. The van der Waals surface area contributed by atoms with E-state index in [-0.39, 0.29) is 30.2 Å². The third-order valence-electron chi connectivity index (χ3n) is 3.50. The number of carbonyl (C=O) groups excluding carboxylic acids is 1. The Labute approximate surface area is 151 Å². The summed E-state index contributed by atoms with van der Waals surface area (Å²) in [4.78, 5) is 21.9. The minimum atomic E-state index is -3.67. The van der Waals surface area contributed by atoms with Gasteiger partial charge in [-0.15, -0.1) is 0 Å². The molecule has 1 N–H and O–H groups in total. The van der Waals surface area contributed by atoms with Crippen LogP contribution >= 0.6 is 0 Å². The molecule has 0 bridgehead atoms. The van der Waals surface area contributed by atoms with Gasteiger partial charge in [0.05, 0.1) is 16.2 Å². The van der Waals surface area contributed by atoms with E-state index in [0.717, 1.165) is 5.56 Å². The number of nitro benzene ring substituents is 1. The second-order valence-corrected chi connectivity index (χ2v) is 7.31. The third-order valence-corrected chi connectivity index (χ3v) is 4.98. The van der Waals surface area contributed by atoms with Crippen LogP contribution in [-0.2, 0) is 26.2 Å². The van der Waals surface area contributed by atoms with Gasteiger partial charge in [-0.25, -0.2) is 13.1 Å². The van der Waals surface area contributed by atoms with Crippen LogP contribution in [0.4, 0.5) is 5.69 Å². The lowest BCUT2D eigenvalue weighted by Gasteiger charge is -2.08. The van der Waals surface area contributed by atoms with E-state index >= 15 is 0 Å². The van der Waals surface area contributed by atoms with Gasteiger partial charge in [0.15, 0.2) is 0 Å². The van der Waals surface area contributed by atoms with Crippen molar-refractivity contribution in [2.24, 2.45) is 0 Å². The van der Waals surface area contributed by atoms with E-state index < -0.39 is 20.9 Å². The molecule has 0 aliphatic rings. The maximum Gasteiger partial charge on any atom is 0.307 e. The van der Waals surface area contributed by atoms with Crippen molar-refractivity contribution in [1.29, 1.82) is 0 Å². The smallest absolute Gasteiger partial charge is 0.307 e. The average molecular weight is 378 g/mol. The van der Waals surface area contributed by atoms with Crippen molar-refractivity contribution in [1.82, 2.24) is 4.72 Å². The Hall–Kier alpha value is -2.78. The SMILES string of the molecule is Cc1ccc(S(=O)(=O)NCCC(=O)OCc2ccc([N+](=O)[O-])cc2)cc1. The quantitative estimate of drug-likeness (QED) is 0.428. The molecule has 2 rings (SSSR count). The van der Waals surface area contributed by atoms with Crippen LogP contribution in [0.15, 0.2) is 53.4 Å². The number of sulfonamides is 1. The molecule has 8 nitrogen and oxygen atoms in total. The lowest BCUT2D eigenvalue weighted by Crippen LogP contribution is -2.26. The maximum atomic E-state index is 12.1. The number of nitro groups is 1. The zero-order valence-electron chi connectivity index (χ0n) is 14.0. The van der Waals surface area contributed by atoms with Crippen LogP contribution in [0.25, 0.3) is 0 Å². The van der Waals surface area contributed by atoms with E-state index in [1.165, 1.54) is 36.4 Å². The lowest BCUT2D eigenvalue weighted by molar-refractivity contribution is -0.384. The molecule has 9 heteroatoms. The van der Waals surface area contributed by atoms with Gasteiger partial charge in [-0.1, -0.05) is 17.7 Å². The van der Waals surface area contributed by atoms with Gasteiger partial charge in [0.2, 0.25) is 10.0 Å². The van der Waals surface area contributed by atoms with Crippen LogP contribution < -0.4 is 4.72 Å². The standard InChI is InChI=1S/C17H18N2O6S/c1-13-2-8-16(9-3-13)26(23,24)18-11-10-17(20)25-12-14-4-6-15(7-5-14)19(21)22/h2-9,18H,10-12H2,1H3. The second kappa shape index (κ2) is 8.54. The Kier molecular flexibility index (Phi) is 6.42. The van der Waals surface area contributed by atoms with Crippen molar-refractivity contribution in [2.45, 2.75) is 24.8 Å². The number of carbonyl (C=O) groups is 1. The molecule has 0 amide bonds. The van der Waals surface area contributed by atoms with Crippen LogP contribution in [0.2, 0.25) is 0 Å². The van der Waals surface area contributed by atoms with E-state index in [2.05, 4.69) is 4.72 Å². The summed E-state index contributed by atoms with van der Waals surface area (Å²) in [5, 5.41) is 10.6. The van der Waals surface area contributed by atoms with E-state index in [4.69, 9.17) is 4.74 Å². The summed E-state index contributed by atoms with van der Waals surface area (Å²) < 4.78 is 31.5. The highest BCUT2D eigenvalue weighted by Crippen LogP contribution is 2.13. The molecular formula is C17H18N2O6S. The highest BCUT2D eigenvalue weighted by molar-refractivity contribution is 7.89. The molecule has 0 aliphatic heterocycles.